The van der Waals surface area contributed by atoms with E-state index in [1.165, 1.54) is 6.07 Å². The number of para-hydroxylation sites is 1. The standard InChI is InChI=1S/C17H19NO3/c1-2-12-7-5-6-10-18(12)17(20)16-11-14(19)13-8-3-4-9-15(13)21-16/h3-4,8-9,11-12H,2,5-7,10H2,1H3. The smallest absolute Gasteiger partial charge is 0.289 e. The Balaban J connectivity index is 1.99. The van der Waals surface area contributed by atoms with Gasteiger partial charge in [-0.15, -0.1) is 0 Å². The van der Waals surface area contributed by atoms with Crippen LogP contribution >= 0.6 is 0 Å². The predicted octanol–water partition coefficient (Wildman–Crippen LogP) is 3.20. The Morgan fingerprint density at radius 3 is 2.95 bits per heavy atom. The Morgan fingerprint density at radius 2 is 2.14 bits per heavy atom. The summed E-state index contributed by atoms with van der Waals surface area (Å²) in [7, 11) is 0. The van der Waals surface area contributed by atoms with Crippen molar-refractivity contribution in [1.82, 2.24) is 4.90 Å². The van der Waals surface area contributed by atoms with Crippen molar-refractivity contribution in [2.45, 2.75) is 38.6 Å². The van der Waals surface area contributed by atoms with Gasteiger partial charge >= 0.3 is 0 Å². The van der Waals surface area contributed by atoms with E-state index in [2.05, 4.69) is 6.92 Å². The fourth-order valence-electron chi connectivity index (χ4n) is 3.04. The highest BCUT2D eigenvalue weighted by Gasteiger charge is 2.28. The number of carbonyl (C=O) groups is 1. The van der Waals surface area contributed by atoms with Gasteiger partial charge in [-0.1, -0.05) is 19.1 Å². The van der Waals surface area contributed by atoms with Crippen LogP contribution in [-0.4, -0.2) is 23.4 Å². The molecule has 1 aliphatic heterocycles. The van der Waals surface area contributed by atoms with Crippen molar-refractivity contribution in [2.24, 2.45) is 0 Å². The highest BCUT2D eigenvalue weighted by atomic mass is 16.3. The number of amides is 1. The molecule has 1 fully saturated rings. The zero-order valence-electron chi connectivity index (χ0n) is 12.2. The van der Waals surface area contributed by atoms with Crippen LogP contribution in [0.2, 0.25) is 0 Å². The first-order valence-electron chi connectivity index (χ1n) is 7.54. The second-order valence-corrected chi connectivity index (χ2v) is 5.53. The topological polar surface area (TPSA) is 50.5 Å². The van der Waals surface area contributed by atoms with Gasteiger partial charge in [0.1, 0.15) is 5.58 Å². The first-order valence-corrected chi connectivity index (χ1v) is 7.54. The maximum atomic E-state index is 12.7. The Kier molecular flexibility index (Phi) is 3.78. The lowest BCUT2D eigenvalue weighted by Crippen LogP contribution is -2.43. The predicted molar refractivity (Wildman–Crippen MR) is 81.5 cm³/mol. The highest BCUT2D eigenvalue weighted by Crippen LogP contribution is 2.22. The van der Waals surface area contributed by atoms with Crippen molar-refractivity contribution >= 4 is 16.9 Å². The largest absolute Gasteiger partial charge is 0.451 e. The molecule has 0 saturated carbocycles. The number of nitrogens with zero attached hydrogens (tertiary/aromatic N) is 1. The second kappa shape index (κ2) is 5.72. The lowest BCUT2D eigenvalue weighted by Gasteiger charge is -2.34. The lowest BCUT2D eigenvalue weighted by atomic mass is 9.99. The average Bonchev–Trinajstić information content (AvgIpc) is 2.54. The number of piperidine rings is 1. The lowest BCUT2D eigenvalue weighted by molar-refractivity contribution is 0.0576. The minimum atomic E-state index is -0.163. The van der Waals surface area contributed by atoms with E-state index in [1.54, 1.807) is 24.3 Å². The molecule has 1 saturated heterocycles. The number of rotatable bonds is 2. The molecule has 3 rings (SSSR count). The van der Waals surface area contributed by atoms with E-state index in [4.69, 9.17) is 4.42 Å². The first-order chi connectivity index (χ1) is 10.2. The molecule has 4 nitrogen and oxygen atoms in total. The Hall–Kier alpha value is -2.10. The summed E-state index contributed by atoms with van der Waals surface area (Å²) < 4.78 is 5.66. The van der Waals surface area contributed by atoms with Crippen LogP contribution < -0.4 is 5.43 Å². The van der Waals surface area contributed by atoms with Crippen molar-refractivity contribution in [3.8, 4) is 0 Å². The Bertz CT molecular complexity index is 719. The minimum absolute atomic E-state index is 0.152. The van der Waals surface area contributed by atoms with Gasteiger partial charge in [-0.25, -0.2) is 0 Å². The molecule has 1 aliphatic rings. The van der Waals surface area contributed by atoms with Crippen LogP contribution in [0.3, 0.4) is 0 Å². The number of carbonyl (C=O) groups excluding carboxylic acids is 1. The average molecular weight is 285 g/mol. The summed E-state index contributed by atoms with van der Waals surface area (Å²) in [5, 5.41) is 0.514. The summed E-state index contributed by atoms with van der Waals surface area (Å²) in [6, 6.07) is 8.61. The molecule has 0 bridgehead atoms. The van der Waals surface area contributed by atoms with Crippen LogP contribution in [-0.2, 0) is 0 Å². The second-order valence-electron chi connectivity index (χ2n) is 5.53. The first kappa shape index (κ1) is 13.9. The fourth-order valence-corrected chi connectivity index (χ4v) is 3.04. The number of fused-ring (bicyclic) bond motifs is 1. The van der Waals surface area contributed by atoms with Gasteiger partial charge in [-0.2, -0.15) is 0 Å². The molecule has 0 N–H and O–H groups in total. The van der Waals surface area contributed by atoms with Crippen molar-refractivity contribution < 1.29 is 9.21 Å². The third kappa shape index (κ3) is 2.58. The van der Waals surface area contributed by atoms with Crippen LogP contribution in [0.1, 0.15) is 43.2 Å². The van der Waals surface area contributed by atoms with E-state index in [0.717, 1.165) is 32.2 Å². The van der Waals surface area contributed by atoms with E-state index in [9.17, 15) is 9.59 Å². The molecule has 1 unspecified atom stereocenters. The van der Waals surface area contributed by atoms with Gasteiger partial charge in [0.25, 0.3) is 5.91 Å². The normalized spacial score (nSPS) is 18.9. The summed E-state index contributed by atoms with van der Waals surface area (Å²) in [5.41, 5.74) is 0.309. The molecule has 21 heavy (non-hydrogen) atoms. The fraction of sp³-hybridized carbons (Fsp3) is 0.412. The summed E-state index contributed by atoms with van der Waals surface area (Å²) in [6.07, 6.45) is 4.13. The van der Waals surface area contributed by atoms with E-state index in [-0.39, 0.29) is 23.1 Å². The maximum Gasteiger partial charge on any atom is 0.289 e. The summed E-state index contributed by atoms with van der Waals surface area (Å²) in [5.74, 6) is -0.0107. The van der Waals surface area contributed by atoms with Gasteiger partial charge in [0, 0.05) is 18.7 Å². The molecule has 0 radical (unpaired) electrons. The van der Waals surface area contributed by atoms with Crippen LogP contribution in [0, 0.1) is 0 Å². The maximum absolute atomic E-state index is 12.7. The van der Waals surface area contributed by atoms with Crippen molar-refractivity contribution in [1.29, 1.82) is 0 Å². The van der Waals surface area contributed by atoms with E-state index >= 15 is 0 Å². The third-order valence-electron chi connectivity index (χ3n) is 4.20. The summed E-state index contributed by atoms with van der Waals surface area (Å²) >= 11 is 0. The van der Waals surface area contributed by atoms with E-state index in [0.29, 0.717) is 11.0 Å². The molecular formula is C17H19NO3. The summed E-state index contributed by atoms with van der Waals surface area (Å²) in [4.78, 5) is 26.6. The Morgan fingerprint density at radius 1 is 1.33 bits per heavy atom. The van der Waals surface area contributed by atoms with Crippen molar-refractivity contribution in [2.75, 3.05) is 6.54 Å². The molecular weight excluding hydrogens is 266 g/mol. The summed E-state index contributed by atoms with van der Waals surface area (Å²) in [6.45, 7) is 2.83. The van der Waals surface area contributed by atoms with Crippen LogP contribution in [0.4, 0.5) is 0 Å². The number of hydrogen-bond donors (Lipinski definition) is 0. The van der Waals surface area contributed by atoms with Gasteiger partial charge in [-0.05, 0) is 37.8 Å². The molecule has 4 heteroatoms. The van der Waals surface area contributed by atoms with Crippen LogP contribution in [0.5, 0.6) is 0 Å². The molecule has 1 aromatic carbocycles. The number of likely N-dealkylation sites (tertiary alicyclic amines) is 1. The number of hydrogen-bond acceptors (Lipinski definition) is 3. The van der Waals surface area contributed by atoms with Crippen molar-refractivity contribution in [3.63, 3.8) is 0 Å². The molecule has 0 aliphatic carbocycles. The molecule has 2 heterocycles. The molecule has 0 spiro atoms. The van der Waals surface area contributed by atoms with Gasteiger partial charge in [-0.3, -0.25) is 9.59 Å². The Labute approximate surface area is 123 Å². The zero-order valence-corrected chi connectivity index (χ0v) is 12.2. The van der Waals surface area contributed by atoms with E-state index < -0.39 is 0 Å². The quantitative estimate of drug-likeness (QED) is 0.851. The highest BCUT2D eigenvalue weighted by molar-refractivity contribution is 5.93. The van der Waals surface area contributed by atoms with Gasteiger partial charge in [0.15, 0.2) is 11.2 Å². The van der Waals surface area contributed by atoms with Crippen LogP contribution in [0.15, 0.2) is 39.5 Å². The van der Waals surface area contributed by atoms with Gasteiger partial charge in [0.05, 0.1) is 5.39 Å². The van der Waals surface area contributed by atoms with Crippen LogP contribution in [0.25, 0.3) is 11.0 Å². The zero-order chi connectivity index (χ0) is 14.8. The third-order valence-corrected chi connectivity index (χ3v) is 4.20. The minimum Gasteiger partial charge on any atom is -0.451 e. The molecule has 1 aromatic heterocycles. The van der Waals surface area contributed by atoms with Crippen molar-refractivity contribution in [3.05, 3.63) is 46.3 Å². The van der Waals surface area contributed by atoms with Gasteiger partial charge in [0.2, 0.25) is 0 Å². The molecule has 1 atom stereocenters. The number of benzene rings is 1. The molecule has 110 valence electrons. The monoisotopic (exact) mass is 285 g/mol. The molecule has 2 aromatic rings. The van der Waals surface area contributed by atoms with Gasteiger partial charge < -0.3 is 9.32 Å². The SMILES string of the molecule is CCC1CCCCN1C(=O)c1cc(=O)c2ccccc2o1. The molecule has 1 amide bonds. The van der Waals surface area contributed by atoms with E-state index in [1.807, 2.05) is 4.90 Å².